The first kappa shape index (κ1) is 16.8. The summed E-state index contributed by atoms with van der Waals surface area (Å²) in [6, 6.07) is 17.0. The molecule has 122 valence electrons. The number of amides is 1. The zero-order valence-electron chi connectivity index (χ0n) is 13.1. The summed E-state index contributed by atoms with van der Waals surface area (Å²) in [5, 5.41) is 12.4. The maximum atomic E-state index is 11.6. The molecule has 5 nitrogen and oxygen atoms in total. The van der Waals surface area contributed by atoms with Gasteiger partial charge in [-0.2, -0.15) is 0 Å². The fourth-order valence-electron chi connectivity index (χ4n) is 1.94. The second kappa shape index (κ2) is 8.80. The molecule has 0 heterocycles. The lowest BCUT2D eigenvalue weighted by molar-refractivity contribution is 0.0962. The number of alkyl carbamates (subject to hydrolysis) is 1. The van der Waals surface area contributed by atoms with Crippen LogP contribution in [0.1, 0.15) is 11.1 Å². The maximum Gasteiger partial charge on any atom is 0.407 e. The van der Waals surface area contributed by atoms with Crippen molar-refractivity contribution in [1.29, 1.82) is 0 Å². The molecule has 0 aliphatic rings. The van der Waals surface area contributed by atoms with Gasteiger partial charge in [-0.3, -0.25) is 0 Å². The van der Waals surface area contributed by atoms with Crippen molar-refractivity contribution in [1.82, 2.24) is 5.32 Å². The van der Waals surface area contributed by atoms with Crippen LogP contribution in [0.2, 0.25) is 0 Å². The van der Waals surface area contributed by atoms with E-state index in [1.807, 2.05) is 61.5 Å². The van der Waals surface area contributed by atoms with Crippen molar-refractivity contribution in [2.45, 2.75) is 19.6 Å². The first-order chi connectivity index (χ1) is 11.1. The standard InChI is InChI=1S/C18H21NO4/c1-14-7-5-6-10-17(14)22-13-16(20)11-19-18(21)23-12-15-8-3-2-4-9-15/h2-10,16,20H,11-13H2,1H3,(H,19,21)/t16-/m1/s1. The van der Waals surface area contributed by atoms with Gasteiger partial charge in [0.25, 0.3) is 0 Å². The van der Waals surface area contributed by atoms with Crippen molar-refractivity contribution >= 4 is 6.09 Å². The fourth-order valence-corrected chi connectivity index (χ4v) is 1.94. The monoisotopic (exact) mass is 315 g/mol. The van der Waals surface area contributed by atoms with Crippen LogP contribution >= 0.6 is 0 Å². The first-order valence-corrected chi connectivity index (χ1v) is 7.46. The molecule has 5 heteroatoms. The Hall–Kier alpha value is -2.53. The van der Waals surface area contributed by atoms with Crippen molar-refractivity contribution in [3.63, 3.8) is 0 Å². The van der Waals surface area contributed by atoms with E-state index in [0.717, 1.165) is 16.9 Å². The molecule has 0 radical (unpaired) electrons. The SMILES string of the molecule is Cc1ccccc1OC[C@H](O)CNC(=O)OCc1ccccc1. The van der Waals surface area contributed by atoms with E-state index >= 15 is 0 Å². The third-order valence-corrected chi connectivity index (χ3v) is 3.22. The number of aryl methyl sites for hydroxylation is 1. The predicted octanol–water partition coefficient (Wildman–Crippen LogP) is 2.66. The molecule has 0 unspecified atom stereocenters. The molecular formula is C18H21NO4. The molecule has 0 bridgehead atoms. The highest BCUT2D eigenvalue weighted by Gasteiger charge is 2.09. The van der Waals surface area contributed by atoms with Crippen LogP contribution in [0.4, 0.5) is 4.79 Å². The largest absolute Gasteiger partial charge is 0.491 e. The quantitative estimate of drug-likeness (QED) is 0.824. The molecular weight excluding hydrogens is 294 g/mol. The summed E-state index contributed by atoms with van der Waals surface area (Å²) in [6.07, 6.45) is -1.37. The Bertz CT molecular complexity index is 615. The van der Waals surface area contributed by atoms with Crippen LogP contribution < -0.4 is 10.1 Å². The first-order valence-electron chi connectivity index (χ1n) is 7.46. The average molecular weight is 315 g/mol. The third-order valence-electron chi connectivity index (χ3n) is 3.22. The number of benzene rings is 2. The molecule has 0 saturated carbocycles. The minimum absolute atomic E-state index is 0.0690. The van der Waals surface area contributed by atoms with Gasteiger partial charge in [0.05, 0.1) is 6.54 Å². The lowest BCUT2D eigenvalue weighted by atomic mass is 10.2. The van der Waals surface area contributed by atoms with Crippen molar-refractivity contribution < 1.29 is 19.4 Å². The summed E-state index contributed by atoms with van der Waals surface area (Å²) in [7, 11) is 0. The number of nitrogens with one attached hydrogen (secondary N) is 1. The number of para-hydroxylation sites is 1. The van der Waals surface area contributed by atoms with Gasteiger partial charge < -0.3 is 19.9 Å². The van der Waals surface area contributed by atoms with Crippen molar-refractivity contribution in [3.8, 4) is 5.75 Å². The lowest BCUT2D eigenvalue weighted by Gasteiger charge is -2.14. The molecule has 2 aromatic carbocycles. The number of rotatable bonds is 7. The van der Waals surface area contributed by atoms with Gasteiger partial charge >= 0.3 is 6.09 Å². The van der Waals surface area contributed by atoms with Crippen LogP contribution in [-0.4, -0.2) is 30.5 Å². The van der Waals surface area contributed by atoms with Gasteiger partial charge in [-0.05, 0) is 24.1 Å². The molecule has 2 aromatic rings. The van der Waals surface area contributed by atoms with E-state index in [1.165, 1.54) is 0 Å². The lowest BCUT2D eigenvalue weighted by Crippen LogP contribution is -2.35. The van der Waals surface area contributed by atoms with Crippen molar-refractivity contribution in [3.05, 3.63) is 65.7 Å². The summed E-state index contributed by atoms with van der Waals surface area (Å²) in [4.78, 5) is 11.6. The Balaban J connectivity index is 1.65. The smallest absolute Gasteiger partial charge is 0.407 e. The third kappa shape index (κ3) is 6.00. The van der Waals surface area contributed by atoms with Crippen LogP contribution in [0.3, 0.4) is 0 Å². The topological polar surface area (TPSA) is 67.8 Å². The Morgan fingerprint density at radius 2 is 1.83 bits per heavy atom. The van der Waals surface area contributed by atoms with Gasteiger partial charge in [0, 0.05) is 0 Å². The van der Waals surface area contributed by atoms with Crippen LogP contribution in [0.15, 0.2) is 54.6 Å². The predicted molar refractivity (Wildman–Crippen MR) is 87.3 cm³/mol. The van der Waals surface area contributed by atoms with Crippen LogP contribution in [0.25, 0.3) is 0 Å². The number of aliphatic hydroxyl groups excluding tert-OH is 1. The molecule has 0 saturated heterocycles. The van der Waals surface area contributed by atoms with Gasteiger partial charge in [-0.25, -0.2) is 4.79 Å². The molecule has 0 fully saturated rings. The van der Waals surface area contributed by atoms with E-state index in [9.17, 15) is 9.90 Å². The van der Waals surface area contributed by atoms with E-state index in [2.05, 4.69) is 5.32 Å². The molecule has 23 heavy (non-hydrogen) atoms. The second-order valence-corrected chi connectivity index (χ2v) is 5.17. The molecule has 2 rings (SSSR count). The minimum atomic E-state index is -0.807. The highest BCUT2D eigenvalue weighted by molar-refractivity contribution is 5.67. The highest BCUT2D eigenvalue weighted by atomic mass is 16.5. The molecule has 0 aliphatic heterocycles. The highest BCUT2D eigenvalue weighted by Crippen LogP contribution is 2.16. The zero-order valence-corrected chi connectivity index (χ0v) is 13.1. The summed E-state index contributed by atoms with van der Waals surface area (Å²) in [5.74, 6) is 0.721. The minimum Gasteiger partial charge on any atom is -0.491 e. The maximum absolute atomic E-state index is 11.6. The Morgan fingerprint density at radius 1 is 1.13 bits per heavy atom. The summed E-state index contributed by atoms with van der Waals surface area (Å²) in [6.45, 7) is 2.30. The fraction of sp³-hybridized carbons (Fsp3) is 0.278. The number of hydrogen-bond donors (Lipinski definition) is 2. The summed E-state index contributed by atoms with van der Waals surface area (Å²) >= 11 is 0. The van der Waals surface area contributed by atoms with Gasteiger partial charge in [0.2, 0.25) is 0 Å². The van der Waals surface area contributed by atoms with E-state index < -0.39 is 12.2 Å². The van der Waals surface area contributed by atoms with Gasteiger partial charge in [-0.1, -0.05) is 48.5 Å². The summed E-state index contributed by atoms with van der Waals surface area (Å²) in [5.41, 5.74) is 1.90. The zero-order chi connectivity index (χ0) is 16.5. The van der Waals surface area contributed by atoms with Gasteiger partial charge in [0.15, 0.2) is 0 Å². The number of aliphatic hydroxyl groups is 1. The number of carbonyl (C=O) groups excluding carboxylic acids is 1. The number of ether oxygens (including phenoxy) is 2. The summed E-state index contributed by atoms with van der Waals surface area (Å²) < 4.78 is 10.6. The number of carbonyl (C=O) groups is 1. The Labute approximate surface area is 135 Å². The van der Waals surface area contributed by atoms with Crippen LogP contribution in [0, 0.1) is 6.92 Å². The molecule has 0 spiro atoms. The van der Waals surface area contributed by atoms with E-state index in [0.29, 0.717) is 0 Å². The van der Waals surface area contributed by atoms with Crippen molar-refractivity contribution in [2.75, 3.05) is 13.2 Å². The molecule has 1 amide bonds. The Morgan fingerprint density at radius 3 is 2.57 bits per heavy atom. The van der Waals surface area contributed by atoms with Crippen LogP contribution in [-0.2, 0) is 11.3 Å². The molecule has 2 N–H and O–H groups in total. The normalized spacial score (nSPS) is 11.6. The second-order valence-electron chi connectivity index (χ2n) is 5.17. The Kier molecular flexibility index (Phi) is 6.44. The van der Waals surface area contributed by atoms with E-state index in [1.54, 1.807) is 0 Å². The van der Waals surface area contributed by atoms with E-state index in [4.69, 9.17) is 9.47 Å². The van der Waals surface area contributed by atoms with Crippen LogP contribution in [0.5, 0.6) is 5.75 Å². The molecule has 0 aromatic heterocycles. The van der Waals surface area contributed by atoms with Gasteiger partial charge in [-0.15, -0.1) is 0 Å². The average Bonchev–Trinajstić information content (AvgIpc) is 2.58. The number of hydrogen-bond acceptors (Lipinski definition) is 4. The van der Waals surface area contributed by atoms with E-state index in [-0.39, 0.29) is 19.8 Å². The molecule has 1 atom stereocenters. The van der Waals surface area contributed by atoms with Crippen molar-refractivity contribution in [2.24, 2.45) is 0 Å². The molecule has 0 aliphatic carbocycles. The van der Waals surface area contributed by atoms with Gasteiger partial charge in [0.1, 0.15) is 25.1 Å².